The minimum Gasteiger partial charge on any atom is -0.379 e. The van der Waals surface area contributed by atoms with Gasteiger partial charge in [-0.3, -0.25) is 9.69 Å². The Balaban J connectivity index is 1.44. The van der Waals surface area contributed by atoms with E-state index in [1.807, 2.05) is 25.1 Å². The minimum absolute atomic E-state index is 0.0190. The molecule has 1 saturated carbocycles. The number of carbonyl (C=O) groups is 1. The second kappa shape index (κ2) is 12.0. The smallest absolute Gasteiger partial charge is 0.224 e. The van der Waals surface area contributed by atoms with Gasteiger partial charge in [0.2, 0.25) is 5.91 Å². The highest BCUT2D eigenvalue weighted by atomic mass is 79.9. The summed E-state index contributed by atoms with van der Waals surface area (Å²) in [4.78, 5) is 16.7. The molecule has 4 nitrogen and oxygen atoms in total. The fourth-order valence-electron chi connectivity index (χ4n) is 6.44. The van der Waals surface area contributed by atoms with E-state index in [0.717, 1.165) is 66.7 Å². The molecule has 6 unspecified atom stereocenters. The SMILES string of the molecule is CC1C=C(C(NC(=O)C2CCC(C)(N3CCOCC3)CC2c2ccc(Br)cc2)c2ccc(F)cc2)C=CC1F. The summed E-state index contributed by atoms with van der Waals surface area (Å²) in [5.74, 6) is -0.838. The highest BCUT2D eigenvalue weighted by Crippen LogP contribution is 2.46. The first kappa shape index (κ1) is 28.2. The average molecular weight is 600 g/mol. The van der Waals surface area contributed by atoms with Gasteiger partial charge in [0.1, 0.15) is 12.0 Å². The van der Waals surface area contributed by atoms with Crippen molar-refractivity contribution < 1.29 is 18.3 Å². The first-order valence-electron chi connectivity index (χ1n) is 13.9. The molecule has 2 aliphatic carbocycles. The number of nitrogens with one attached hydrogen (secondary N) is 1. The van der Waals surface area contributed by atoms with E-state index >= 15 is 0 Å². The van der Waals surface area contributed by atoms with Crippen LogP contribution in [0.25, 0.3) is 0 Å². The number of ether oxygens (including phenoxy) is 1. The fraction of sp³-hybridized carbons (Fsp3) is 0.469. The van der Waals surface area contributed by atoms with Crippen LogP contribution in [0.4, 0.5) is 8.78 Å². The van der Waals surface area contributed by atoms with Gasteiger partial charge in [-0.15, -0.1) is 0 Å². The van der Waals surface area contributed by atoms with Crippen LogP contribution in [0, 0.1) is 17.7 Å². The lowest BCUT2D eigenvalue weighted by Crippen LogP contribution is -2.55. The quantitative estimate of drug-likeness (QED) is 0.393. The van der Waals surface area contributed by atoms with E-state index in [2.05, 4.69) is 45.2 Å². The van der Waals surface area contributed by atoms with E-state index < -0.39 is 12.2 Å². The topological polar surface area (TPSA) is 41.6 Å². The summed E-state index contributed by atoms with van der Waals surface area (Å²) in [6, 6.07) is 14.0. The Bertz CT molecular complexity index is 1210. The third kappa shape index (κ3) is 6.36. The number of hydrogen-bond acceptors (Lipinski definition) is 3. The van der Waals surface area contributed by atoms with E-state index in [0.29, 0.717) is 0 Å². The lowest BCUT2D eigenvalue weighted by atomic mass is 9.67. The van der Waals surface area contributed by atoms with Crippen LogP contribution in [0.3, 0.4) is 0 Å². The van der Waals surface area contributed by atoms with Gasteiger partial charge in [0.15, 0.2) is 0 Å². The van der Waals surface area contributed by atoms with Gasteiger partial charge >= 0.3 is 0 Å². The van der Waals surface area contributed by atoms with Gasteiger partial charge in [0.25, 0.3) is 0 Å². The van der Waals surface area contributed by atoms with Crippen molar-refractivity contribution in [3.05, 3.63) is 93.7 Å². The van der Waals surface area contributed by atoms with Crippen LogP contribution in [0.1, 0.15) is 56.2 Å². The zero-order chi connectivity index (χ0) is 27.6. The van der Waals surface area contributed by atoms with Crippen LogP contribution in [0.5, 0.6) is 0 Å². The number of amides is 1. The van der Waals surface area contributed by atoms with Gasteiger partial charge in [0, 0.05) is 34.9 Å². The van der Waals surface area contributed by atoms with Crippen molar-refractivity contribution in [2.45, 2.75) is 56.8 Å². The van der Waals surface area contributed by atoms with Gasteiger partial charge in [0.05, 0.1) is 19.3 Å². The number of allylic oxidation sites excluding steroid dienone is 2. The summed E-state index contributed by atoms with van der Waals surface area (Å²) in [6.07, 6.45) is 6.66. The molecule has 1 heterocycles. The normalized spacial score (nSPS) is 30.4. The number of carbonyl (C=O) groups excluding carboxylic acids is 1. The van der Waals surface area contributed by atoms with Crippen LogP contribution < -0.4 is 5.32 Å². The van der Waals surface area contributed by atoms with Crippen LogP contribution in [0.2, 0.25) is 0 Å². The summed E-state index contributed by atoms with van der Waals surface area (Å²) in [5.41, 5.74) is 2.74. The largest absolute Gasteiger partial charge is 0.379 e. The number of morpholine rings is 1. The third-order valence-electron chi connectivity index (χ3n) is 8.80. The molecule has 1 saturated heterocycles. The maximum absolute atomic E-state index is 14.2. The summed E-state index contributed by atoms with van der Waals surface area (Å²) < 4.78 is 34.6. The standard InChI is InChI=1S/C32H37BrF2N2O2/c1-21-19-24(7-12-29(21)35)30(23-5-10-26(34)11-6-23)36-31(38)27-13-14-32(2,37-15-17-39-18-16-37)20-28(27)22-3-8-25(33)9-4-22/h3-12,19,21,27-30H,13-18,20H2,1-2H3,(H,36,38). The molecule has 3 aliphatic rings. The van der Waals surface area contributed by atoms with Crippen LogP contribution >= 0.6 is 15.9 Å². The number of nitrogens with zero attached hydrogens (tertiary/aromatic N) is 1. The first-order chi connectivity index (χ1) is 18.7. The predicted molar refractivity (Wildman–Crippen MR) is 154 cm³/mol. The highest BCUT2D eigenvalue weighted by molar-refractivity contribution is 9.10. The van der Waals surface area contributed by atoms with Crippen LogP contribution in [-0.4, -0.2) is 48.8 Å². The first-order valence-corrected chi connectivity index (χ1v) is 14.7. The average Bonchev–Trinajstić information content (AvgIpc) is 2.94. The second-order valence-corrected chi connectivity index (χ2v) is 12.3. The monoisotopic (exact) mass is 598 g/mol. The Kier molecular flexibility index (Phi) is 8.69. The number of hydrogen-bond donors (Lipinski definition) is 1. The molecule has 0 aromatic heterocycles. The molecule has 6 atom stereocenters. The molecular formula is C32H37BrF2N2O2. The Morgan fingerprint density at radius 1 is 1.13 bits per heavy atom. The van der Waals surface area contributed by atoms with Crippen molar-refractivity contribution in [1.29, 1.82) is 0 Å². The zero-order valence-electron chi connectivity index (χ0n) is 22.6. The van der Waals surface area contributed by atoms with E-state index in [1.54, 1.807) is 24.3 Å². The molecule has 5 rings (SSSR count). The second-order valence-electron chi connectivity index (χ2n) is 11.4. The Labute approximate surface area is 238 Å². The maximum Gasteiger partial charge on any atom is 0.224 e. The lowest BCUT2D eigenvalue weighted by Gasteiger charge is -2.50. The summed E-state index contributed by atoms with van der Waals surface area (Å²) in [7, 11) is 0. The van der Waals surface area contributed by atoms with Crippen molar-refractivity contribution in [3.63, 3.8) is 0 Å². The van der Waals surface area contributed by atoms with Gasteiger partial charge < -0.3 is 10.1 Å². The van der Waals surface area contributed by atoms with Crippen molar-refractivity contribution >= 4 is 21.8 Å². The molecule has 2 aromatic rings. The molecular weight excluding hydrogens is 562 g/mol. The lowest BCUT2D eigenvalue weighted by molar-refractivity contribution is -0.129. The van der Waals surface area contributed by atoms with Crippen molar-refractivity contribution in [1.82, 2.24) is 10.2 Å². The molecule has 2 fully saturated rings. The van der Waals surface area contributed by atoms with E-state index in [1.165, 1.54) is 12.1 Å². The Morgan fingerprint density at radius 3 is 2.49 bits per heavy atom. The number of benzene rings is 2. The summed E-state index contributed by atoms with van der Waals surface area (Å²) in [5, 5.41) is 3.30. The summed E-state index contributed by atoms with van der Waals surface area (Å²) in [6.45, 7) is 7.44. The maximum atomic E-state index is 14.2. The summed E-state index contributed by atoms with van der Waals surface area (Å²) >= 11 is 3.55. The molecule has 7 heteroatoms. The molecule has 1 aliphatic heterocycles. The molecule has 208 valence electrons. The minimum atomic E-state index is -1.06. The highest BCUT2D eigenvalue weighted by Gasteiger charge is 2.45. The van der Waals surface area contributed by atoms with E-state index in [4.69, 9.17) is 4.74 Å². The van der Waals surface area contributed by atoms with Gasteiger partial charge in [-0.1, -0.05) is 59.3 Å². The van der Waals surface area contributed by atoms with Gasteiger partial charge in [-0.25, -0.2) is 8.78 Å². The Morgan fingerprint density at radius 2 is 1.82 bits per heavy atom. The number of alkyl halides is 1. The van der Waals surface area contributed by atoms with Crippen LogP contribution in [0.15, 0.2) is 76.8 Å². The van der Waals surface area contributed by atoms with E-state index in [-0.39, 0.29) is 35.0 Å². The van der Waals surface area contributed by atoms with Crippen molar-refractivity contribution in [3.8, 4) is 0 Å². The van der Waals surface area contributed by atoms with Crippen molar-refractivity contribution in [2.75, 3.05) is 26.3 Å². The molecule has 2 aromatic carbocycles. The molecule has 0 radical (unpaired) electrons. The molecule has 0 bridgehead atoms. The molecule has 39 heavy (non-hydrogen) atoms. The third-order valence-corrected chi connectivity index (χ3v) is 9.33. The molecule has 1 N–H and O–H groups in total. The molecule has 0 spiro atoms. The fourth-order valence-corrected chi connectivity index (χ4v) is 6.70. The van der Waals surface area contributed by atoms with Gasteiger partial charge in [-0.2, -0.15) is 0 Å². The Hall–Kier alpha value is -2.35. The molecule has 1 amide bonds. The van der Waals surface area contributed by atoms with E-state index in [9.17, 15) is 13.6 Å². The van der Waals surface area contributed by atoms with Crippen LogP contribution in [-0.2, 0) is 9.53 Å². The zero-order valence-corrected chi connectivity index (χ0v) is 24.2. The van der Waals surface area contributed by atoms with Gasteiger partial charge in [-0.05, 0) is 79.1 Å². The number of halogens is 3. The van der Waals surface area contributed by atoms with Crippen molar-refractivity contribution in [2.24, 2.45) is 11.8 Å². The predicted octanol–water partition coefficient (Wildman–Crippen LogP) is 6.89. The number of rotatable bonds is 6.